The van der Waals surface area contributed by atoms with Gasteiger partial charge in [-0.25, -0.2) is 9.31 Å². The Labute approximate surface area is 148 Å². The number of H-pyrrole nitrogens is 1. The van der Waals surface area contributed by atoms with Crippen molar-refractivity contribution in [2.24, 2.45) is 0 Å². The number of hydrogen-bond acceptors (Lipinski definition) is 4. The van der Waals surface area contributed by atoms with Crippen LogP contribution < -0.4 is 5.56 Å². The number of halogens is 1. The lowest BCUT2D eigenvalue weighted by Gasteiger charge is -2.04. The van der Waals surface area contributed by atoms with Gasteiger partial charge in [-0.1, -0.05) is 23.7 Å². The van der Waals surface area contributed by atoms with E-state index < -0.39 is 5.97 Å². The number of benzene rings is 1. The van der Waals surface area contributed by atoms with Crippen molar-refractivity contribution in [3.63, 3.8) is 0 Å². The molecule has 1 aromatic carbocycles. The molecule has 1 N–H and O–H groups in total. The summed E-state index contributed by atoms with van der Waals surface area (Å²) < 4.78 is 6.62. The first-order chi connectivity index (χ1) is 12.1. The summed E-state index contributed by atoms with van der Waals surface area (Å²) >= 11 is 6.02. The van der Waals surface area contributed by atoms with Crippen LogP contribution in [0.4, 0.5) is 0 Å². The van der Waals surface area contributed by atoms with Crippen LogP contribution in [0.15, 0.2) is 35.3 Å². The van der Waals surface area contributed by atoms with Crippen molar-refractivity contribution in [1.29, 1.82) is 0 Å². The minimum atomic E-state index is -0.418. The van der Waals surface area contributed by atoms with Crippen LogP contribution in [0.5, 0.6) is 0 Å². The van der Waals surface area contributed by atoms with Crippen LogP contribution in [-0.4, -0.2) is 27.2 Å². The van der Waals surface area contributed by atoms with Gasteiger partial charge in [0.15, 0.2) is 5.82 Å². The molecule has 0 radical (unpaired) electrons. The van der Waals surface area contributed by atoms with Gasteiger partial charge in [-0.15, -0.1) is 5.10 Å². The zero-order valence-corrected chi connectivity index (χ0v) is 14.3. The first-order valence-corrected chi connectivity index (χ1v) is 8.55. The molecular weight excluding hydrogens is 342 g/mol. The first kappa shape index (κ1) is 15.9. The SMILES string of the molecule is CCOC(=O)c1cn2nc(-c3cccc(Cl)c3)[nH]c(=O)c2c1C1CC1. The molecule has 128 valence electrons. The fraction of sp³-hybridized carbons (Fsp3) is 0.278. The Bertz CT molecular complexity index is 1030. The number of ether oxygens (including phenoxy) is 1. The van der Waals surface area contributed by atoms with Gasteiger partial charge < -0.3 is 9.72 Å². The monoisotopic (exact) mass is 357 g/mol. The Hall–Kier alpha value is -2.60. The van der Waals surface area contributed by atoms with Crippen molar-refractivity contribution in [2.45, 2.75) is 25.7 Å². The molecule has 0 unspecified atom stereocenters. The Balaban J connectivity index is 1.92. The molecule has 0 saturated heterocycles. The third-order valence-corrected chi connectivity index (χ3v) is 4.49. The molecular formula is C18H16ClN3O3. The molecule has 0 bridgehead atoms. The molecule has 25 heavy (non-hydrogen) atoms. The Morgan fingerprint density at radius 1 is 1.44 bits per heavy atom. The van der Waals surface area contributed by atoms with Crippen molar-refractivity contribution in [3.05, 3.63) is 57.0 Å². The molecule has 3 aromatic rings. The predicted octanol–water partition coefficient (Wildman–Crippen LogP) is 3.40. The third kappa shape index (κ3) is 2.82. The maximum absolute atomic E-state index is 12.7. The molecule has 0 spiro atoms. The van der Waals surface area contributed by atoms with Gasteiger partial charge in [0.05, 0.1) is 12.2 Å². The molecule has 2 heterocycles. The van der Waals surface area contributed by atoms with E-state index in [0.717, 1.165) is 18.4 Å². The molecule has 1 aliphatic rings. The molecule has 6 nitrogen and oxygen atoms in total. The van der Waals surface area contributed by atoms with E-state index in [0.29, 0.717) is 27.5 Å². The minimum Gasteiger partial charge on any atom is -0.462 e. The van der Waals surface area contributed by atoms with Crippen molar-refractivity contribution in [1.82, 2.24) is 14.6 Å². The number of carbonyl (C=O) groups excluding carboxylic acids is 1. The quantitative estimate of drug-likeness (QED) is 0.726. The fourth-order valence-corrected chi connectivity index (χ4v) is 3.22. The van der Waals surface area contributed by atoms with Gasteiger partial charge in [-0.05, 0) is 37.8 Å². The zero-order chi connectivity index (χ0) is 17.6. The molecule has 1 fully saturated rings. The summed E-state index contributed by atoms with van der Waals surface area (Å²) in [5.41, 5.74) is 2.00. The fourth-order valence-electron chi connectivity index (χ4n) is 3.03. The highest BCUT2D eigenvalue weighted by molar-refractivity contribution is 6.30. The van der Waals surface area contributed by atoms with Gasteiger partial charge in [-0.3, -0.25) is 4.79 Å². The number of aromatic amines is 1. The molecule has 0 atom stereocenters. The number of fused-ring (bicyclic) bond motifs is 1. The Kier molecular flexibility index (Phi) is 3.84. The smallest absolute Gasteiger partial charge is 0.340 e. The summed E-state index contributed by atoms with van der Waals surface area (Å²) in [7, 11) is 0. The number of aromatic nitrogens is 3. The summed E-state index contributed by atoms with van der Waals surface area (Å²) in [6.07, 6.45) is 3.51. The number of nitrogens with zero attached hydrogens (tertiary/aromatic N) is 2. The van der Waals surface area contributed by atoms with Crippen LogP contribution >= 0.6 is 11.6 Å². The van der Waals surface area contributed by atoms with Crippen LogP contribution in [0.1, 0.15) is 41.6 Å². The van der Waals surface area contributed by atoms with E-state index in [9.17, 15) is 9.59 Å². The molecule has 0 amide bonds. The first-order valence-electron chi connectivity index (χ1n) is 8.17. The Morgan fingerprint density at radius 3 is 2.92 bits per heavy atom. The molecule has 4 rings (SSSR count). The van der Waals surface area contributed by atoms with E-state index in [-0.39, 0.29) is 18.1 Å². The van der Waals surface area contributed by atoms with Gasteiger partial charge >= 0.3 is 5.97 Å². The second-order valence-electron chi connectivity index (χ2n) is 6.06. The van der Waals surface area contributed by atoms with E-state index in [1.807, 2.05) is 6.07 Å². The minimum absolute atomic E-state index is 0.212. The summed E-state index contributed by atoms with van der Waals surface area (Å²) in [5.74, 6) is 0.190. The van der Waals surface area contributed by atoms with Crippen LogP contribution in [0, 0.1) is 0 Å². The van der Waals surface area contributed by atoms with Crippen LogP contribution in [0.3, 0.4) is 0 Å². The summed E-state index contributed by atoms with van der Waals surface area (Å²) in [6.45, 7) is 2.04. The highest BCUT2D eigenvalue weighted by Crippen LogP contribution is 2.43. The largest absolute Gasteiger partial charge is 0.462 e. The third-order valence-electron chi connectivity index (χ3n) is 4.26. The van der Waals surface area contributed by atoms with Gasteiger partial charge in [0, 0.05) is 22.3 Å². The van der Waals surface area contributed by atoms with Crippen LogP contribution in [0.2, 0.25) is 5.02 Å². The average Bonchev–Trinajstić information content (AvgIpc) is 3.34. The van der Waals surface area contributed by atoms with E-state index in [1.165, 1.54) is 4.52 Å². The van der Waals surface area contributed by atoms with Crippen molar-refractivity contribution in [3.8, 4) is 11.4 Å². The van der Waals surface area contributed by atoms with Crippen molar-refractivity contribution in [2.75, 3.05) is 6.61 Å². The van der Waals surface area contributed by atoms with Crippen molar-refractivity contribution < 1.29 is 9.53 Å². The maximum atomic E-state index is 12.7. The molecule has 7 heteroatoms. The van der Waals surface area contributed by atoms with E-state index in [4.69, 9.17) is 16.3 Å². The lowest BCUT2D eigenvalue weighted by Crippen LogP contribution is -2.14. The molecule has 0 aliphatic heterocycles. The van der Waals surface area contributed by atoms with E-state index >= 15 is 0 Å². The van der Waals surface area contributed by atoms with Crippen molar-refractivity contribution >= 4 is 23.1 Å². The second-order valence-corrected chi connectivity index (χ2v) is 6.49. The average molecular weight is 358 g/mol. The molecule has 1 aliphatic carbocycles. The topological polar surface area (TPSA) is 76.5 Å². The number of rotatable bonds is 4. The summed E-state index contributed by atoms with van der Waals surface area (Å²) in [5, 5.41) is 5.03. The summed E-state index contributed by atoms with van der Waals surface area (Å²) in [4.78, 5) is 27.8. The number of esters is 1. The highest BCUT2D eigenvalue weighted by Gasteiger charge is 2.33. The number of carbonyl (C=O) groups is 1. The highest BCUT2D eigenvalue weighted by atomic mass is 35.5. The van der Waals surface area contributed by atoms with Gasteiger partial charge in [-0.2, -0.15) is 0 Å². The van der Waals surface area contributed by atoms with Crippen LogP contribution in [0.25, 0.3) is 16.9 Å². The van der Waals surface area contributed by atoms with Gasteiger partial charge in [0.2, 0.25) is 0 Å². The molecule has 2 aromatic heterocycles. The van der Waals surface area contributed by atoms with E-state index in [2.05, 4.69) is 10.1 Å². The standard InChI is InChI=1S/C18H16ClN3O3/c1-2-25-18(24)13-9-22-15(14(13)10-6-7-10)17(23)20-16(21-22)11-4-3-5-12(19)8-11/h3-5,8-10H,2,6-7H2,1H3,(H,20,21,23). The maximum Gasteiger partial charge on any atom is 0.340 e. The second kappa shape index (κ2) is 6.04. The Morgan fingerprint density at radius 2 is 2.24 bits per heavy atom. The molecule has 1 saturated carbocycles. The zero-order valence-electron chi connectivity index (χ0n) is 13.6. The van der Waals surface area contributed by atoms with Gasteiger partial charge in [0.1, 0.15) is 5.52 Å². The van der Waals surface area contributed by atoms with Gasteiger partial charge in [0.25, 0.3) is 5.56 Å². The number of hydrogen-bond donors (Lipinski definition) is 1. The normalized spacial score (nSPS) is 14.0. The summed E-state index contributed by atoms with van der Waals surface area (Å²) in [6, 6.07) is 7.08. The number of nitrogens with one attached hydrogen (secondary N) is 1. The predicted molar refractivity (Wildman–Crippen MR) is 94.2 cm³/mol. The van der Waals surface area contributed by atoms with Crippen LogP contribution in [-0.2, 0) is 4.74 Å². The lowest BCUT2D eigenvalue weighted by atomic mass is 10.1. The lowest BCUT2D eigenvalue weighted by molar-refractivity contribution is 0.0525. The van der Waals surface area contributed by atoms with E-state index in [1.54, 1.807) is 31.3 Å².